The Morgan fingerprint density at radius 2 is 1.90 bits per heavy atom. The Hall–Kier alpha value is -2.86. The Bertz CT molecular complexity index is 888. The Kier molecular flexibility index (Phi) is 6.88. The van der Waals surface area contributed by atoms with Crippen molar-refractivity contribution in [2.24, 2.45) is 0 Å². The van der Waals surface area contributed by atoms with Crippen molar-refractivity contribution in [2.75, 3.05) is 25.5 Å². The maximum absolute atomic E-state index is 12.9. The molecule has 1 atom stereocenters. The first-order chi connectivity index (χ1) is 13.9. The van der Waals surface area contributed by atoms with Crippen molar-refractivity contribution in [3.63, 3.8) is 0 Å². The molecule has 1 aliphatic rings. The molecule has 0 radical (unpaired) electrons. The van der Waals surface area contributed by atoms with Gasteiger partial charge in [0.25, 0.3) is 0 Å². The van der Waals surface area contributed by atoms with Crippen LogP contribution >= 0.6 is 11.6 Å². The molecule has 1 N–H and O–H groups in total. The standard InChI is InChI=1S/C22H24ClN3O3/c1-25(15-20(27)24-18-10-5-9-17(23)14-18)22(29)19-11-6-12-26(19)21(28)13-16-7-3-2-4-8-16/h2-5,7-10,14,19H,6,11-13,15H2,1H3,(H,24,27). The number of benzene rings is 2. The molecular formula is C22H24ClN3O3. The minimum atomic E-state index is -0.518. The summed E-state index contributed by atoms with van der Waals surface area (Å²) in [6, 6.07) is 15.8. The summed E-state index contributed by atoms with van der Waals surface area (Å²) < 4.78 is 0. The van der Waals surface area contributed by atoms with Crippen LogP contribution in [0.25, 0.3) is 0 Å². The van der Waals surface area contributed by atoms with E-state index in [0.29, 0.717) is 23.7 Å². The molecule has 152 valence electrons. The normalized spacial score (nSPS) is 15.8. The van der Waals surface area contributed by atoms with Crippen LogP contribution in [0, 0.1) is 0 Å². The molecule has 6 nitrogen and oxygen atoms in total. The molecule has 7 heteroatoms. The minimum absolute atomic E-state index is 0.0659. The summed E-state index contributed by atoms with van der Waals surface area (Å²) in [7, 11) is 1.58. The van der Waals surface area contributed by atoms with Gasteiger partial charge < -0.3 is 15.1 Å². The van der Waals surface area contributed by atoms with Gasteiger partial charge in [-0.3, -0.25) is 14.4 Å². The zero-order valence-electron chi connectivity index (χ0n) is 16.3. The number of nitrogens with one attached hydrogen (secondary N) is 1. The van der Waals surface area contributed by atoms with Crippen molar-refractivity contribution in [1.82, 2.24) is 9.80 Å². The van der Waals surface area contributed by atoms with E-state index in [1.807, 2.05) is 30.3 Å². The lowest BCUT2D eigenvalue weighted by Crippen LogP contribution is -2.48. The average Bonchev–Trinajstić information content (AvgIpc) is 3.18. The number of carbonyl (C=O) groups excluding carboxylic acids is 3. The number of anilines is 1. The number of rotatable bonds is 6. The van der Waals surface area contributed by atoms with E-state index in [0.717, 1.165) is 12.0 Å². The Morgan fingerprint density at radius 3 is 2.62 bits per heavy atom. The summed E-state index contributed by atoms with van der Waals surface area (Å²) in [4.78, 5) is 40.9. The van der Waals surface area contributed by atoms with Crippen LogP contribution in [0.2, 0.25) is 5.02 Å². The van der Waals surface area contributed by atoms with Gasteiger partial charge in [0.05, 0.1) is 13.0 Å². The zero-order chi connectivity index (χ0) is 20.8. The summed E-state index contributed by atoms with van der Waals surface area (Å²) >= 11 is 5.92. The van der Waals surface area contributed by atoms with Crippen LogP contribution in [0.3, 0.4) is 0 Å². The second-order valence-corrected chi connectivity index (χ2v) is 7.60. The number of hydrogen-bond donors (Lipinski definition) is 1. The fraction of sp³-hybridized carbons (Fsp3) is 0.318. The summed E-state index contributed by atoms with van der Waals surface area (Å²) in [6.45, 7) is 0.465. The highest BCUT2D eigenvalue weighted by atomic mass is 35.5. The van der Waals surface area contributed by atoms with Gasteiger partial charge >= 0.3 is 0 Å². The monoisotopic (exact) mass is 413 g/mol. The van der Waals surface area contributed by atoms with Gasteiger partial charge in [-0.15, -0.1) is 0 Å². The summed E-state index contributed by atoms with van der Waals surface area (Å²) in [5.41, 5.74) is 1.49. The number of nitrogens with zero attached hydrogens (tertiary/aromatic N) is 2. The van der Waals surface area contributed by atoms with Crippen LogP contribution < -0.4 is 5.32 Å². The van der Waals surface area contributed by atoms with Crippen LogP contribution in [-0.2, 0) is 20.8 Å². The van der Waals surface area contributed by atoms with E-state index in [9.17, 15) is 14.4 Å². The smallest absolute Gasteiger partial charge is 0.245 e. The van der Waals surface area contributed by atoms with Gasteiger partial charge in [0, 0.05) is 24.3 Å². The molecule has 1 saturated heterocycles. The topological polar surface area (TPSA) is 69.7 Å². The van der Waals surface area contributed by atoms with E-state index in [-0.39, 0.29) is 30.7 Å². The lowest BCUT2D eigenvalue weighted by molar-refractivity contribution is -0.143. The maximum Gasteiger partial charge on any atom is 0.245 e. The second-order valence-electron chi connectivity index (χ2n) is 7.16. The average molecular weight is 414 g/mol. The van der Waals surface area contributed by atoms with Crippen LogP contribution in [-0.4, -0.2) is 53.7 Å². The molecule has 29 heavy (non-hydrogen) atoms. The number of hydrogen-bond acceptors (Lipinski definition) is 3. The lowest BCUT2D eigenvalue weighted by atomic mass is 10.1. The summed E-state index contributed by atoms with van der Waals surface area (Å²) in [5.74, 6) is -0.600. The molecule has 1 fully saturated rings. The largest absolute Gasteiger partial charge is 0.335 e. The Morgan fingerprint density at radius 1 is 1.14 bits per heavy atom. The quantitative estimate of drug-likeness (QED) is 0.791. The highest BCUT2D eigenvalue weighted by molar-refractivity contribution is 6.30. The molecule has 1 unspecified atom stereocenters. The molecule has 3 rings (SSSR count). The van der Waals surface area contributed by atoms with Crippen LogP contribution in [0.4, 0.5) is 5.69 Å². The van der Waals surface area contributed by atoms with Gasteiger partial charge in [0.2, 0.25) is 17.7 Å². The summed E-state index contributed by atoms with van der Waals surface area (Å²) in [6.07, 6.45) is 1.66. The molecule has 0 spiro atoms. The first kappa shape index (κ1) is 20.9. The van der Waals surface area contributed by atoms with Crippen molar-refractivity contribution in [1.29, 1.82) is 0 Å². The first-order valence-electron chi connectivity index (χ1n) is 9.58. The molecule has 0 saturated carbocycles. The van der Waals surface area contributed by atoms with Crippen molar-refractivity contribution >= 4 is 35.0 Å². The van der Waals surface area contributed by atoms with Gasteiger partial charge in [-0.25, -0.2) is 0 Å². The van der Waals surface area contributed by atoms with Crippen molar-refractivity contribution in [2.45, 2.75) is 25.3 Å². The number of halogens is 1. The number of amides is 3. The molecule has 3 amide bonds. The van der Waals surface area contributed by atoms with Gasteiger partial charge in [-0.2, -0.15) is 0 Å². The van der Waals surface area contributed by atoms with Crippen LogP contribution in [0.5, 0.6) is 0 Å². The van der Waals surface area contributed by atoms with E-state index >= 15 is 0 Å². The SMILES string of the molecule is CN(CC(=O)Nc1cccc(Cl)c1)C(=O)C1CCCN1C(=O)Cc1ccccc1. The molecule has 2 aromatic rings. The van der Waals surface area contributed by atoms with Gasteiger partial charge in [0.15, 0.2) is 0 Å². The van der Waals surface area contributed by atoms with Gasteiger partial charge in [-0.05, 0) is 36.6 Å². The fourth-order valence-electron chi connectivity index (χ4n) is 3.51. The fourth-order valence-corrected chi connectivity index (χ4v) is 3.70. The van der Waals surface area contributed by atoms with Crippen molar-refractivity contribution < 1.29 is 14.4 Å². The molecule has 0 aliphatic carbocycles. The number of likely N-dealkylation sites (tertiary alicyclic amines) is 1. The predicted octanol–water partition coefficient (Wildman–Crippen LogP) is 2.97. The Balaban J connectivity index is 1.57. The van der Waals surface area contributed by atoms with E-state index in [1.165, 1.54) is 4.90 Å². The molecular weight excluding hydrogens is 390 g/mol. The number of carbonyl (C=O) groups is 3. The molecule has 1 aliphatic heterocycles. The summed E-state index contributed by atoms with van der Waals surface area (Å²) in [5, 5.41) is 3.25. The highest BCUT2D eigenvalue weighted by Crippen LogP contribution is 2.21. The third-order valence-corrected chi connectivity index (χ3v) is 5.16. The molecule has 0 bridgehead atoms. The van der Waals surface area contributed by atoms with Crippen LogP contribution in [0.15, 0.2) is 54.6 Å². The third-order valence-electron chi connectivity index (χ3n) is 4.92. The van der Waals surface area contributed by atoms with E-state index in [4.69, 9.17) is 11.6 Å². The van der Waals surface area contributed by atoms with Gasteiger partial charge in [0.1, 0.15) is 6.04 Å². The third kappa shape index (κ3) is 5.57. The van der Waals surface area contributed by atoms with Gasteiger partial charge in [-0.1, -0.05) is 48.0 Å². The first-order valence-corrected chi connectivity index (χ1v) is 9.95. The number of likely N-dealkylation sites (N-methyl/N-ethyl adjacent to an activating group) is 1. The van der Waals surface area contributed by atoms with E-state index in [2.05, 4.69) is 5.32 Å². The lowest BCUT2D eigenvalue weighted by Gasteiger charge is -2.28. The minimum Gasteiger partial charge on any atom is -0.335 e. The second kappa shape index (κ2) is 9.56. The van der Waals surface area contributed by atoms with Crippen LogP contribution in [0.1, 0.15) is 18.4 Å². The van der Waals surface area contributed by atoms with E-state index in [1.54, 1.807) is 36.2 Å². The van der Waals surface area contributed by atoms with Crippen molar-refractivity contribution in [3.8, 4) is 0 Å². The highest BCUT2D eigenvalue weighted by Gasteiger charge is 2.35. The zero-order valence-corrected chi connectivity index (χ0v) is 17.1. The molecule has 2 aromatic carbocycles. The maximum atomic E-state index is 12.9. The molecule has 0 aromatic heterocycles. The van der Waals surface area contributed by atoms with Crippen molar-refractivity contribution in [3.05, 3.63) is 65.2 Å². The van der Waals surface area contributed by atoms with E-state index < -0.39 is 6.04 Å². The predicted molar refractivity (Wildman–Crippen MR) is 113 cm³/mol. The molecule has 1 heterocycles. The Labute approximate surface area is 175 Å².